The fraction of sp³-hybridized carbons (Fsp3) is 0.419. The molecule has 1 fully saturated rings. The van der Waals surface area contributed by atoms with Gasteiger partial charge in [0.2, 0.25) is 0 Å². The molecule has 7 nitrogen and oxygen atoms in total. The molecule has 0 bridgehead atoms. The first kappa shape index (κ1) is 28.5. The number of aliphatic hydroxyl groups is 1. The molecule has 3 heterocycles. The monoisotopic (exact) mass is 564 g/mol. The lowest BCUT2D eigenvalue weighted by Gasteiger charge is -2.32. The predicted octanol–water partition coefficient (Wildman–Crippen LogP) is 4.64. The molecule has 9 heteroatoms. The number of piperazine rings is 1. The van der Waals surface area contributed by atoms with E-state index in [9.17, 15) is 18.5 Å². The Hall–Kier alpha value is -2.98. The van der Waals surface area contributed by atoms with Crippen LogP contribution in [0.3, 0.4) is 0 Å². The van der Waals surface area contributed by atoms with Crippen LogP contribution in [-0.4, -0.2) is 78.9 Å². The number of hydrogen-bond acceptors (Lipinski definition) is 5. The summed E-state index contributed by atoms with van der Waals surface area (Å²) in [5.74, 6) is -0.446. The van der Waals surface area contributed by atoms with E-state index < -0.39 is 15.7 Å². The van der Waals surface area contributed by atoms with Crippen molar-refractivity contribution < 1.29 is 18.5 Å². The number of benzene rings is 2. The van der Waals surface area contributed by atoms with Gasteiger partial charge in [0.15, 0.2) is 0 Å². The summed E-state index contributed by atoms with van der Waals surface area (Å²) in [7, 11) is 0.689. The Kier molecular flexibility index (Phi) is 8.20. The van der Waals surface area contributed by atoms with Crippen LogP contribution in [0.25, 0.3) is 22.4 Å². The highest BCUT2D eigenvalue weighted by Crippen LogP contribution is 2.44. The minimum atomic E-state index is -1.35. The number of aliphatic hydroxyl groups excluding tert-OH is 1. The topological polar surface area (TPSA) is 77.0 Å². The third kappa shape index (κ3) is 5.61. The van der Waals surface area contributed by atoms with Crippen molar-refractivity contribution in [1.29, 1.82) is 0 Å². The molecular formula is C31H37FN4O3S. The number of carbonyl (C=O) groups excluding carboxylic acids is 1. The summed E-state index contributed by atoms with van der Waals surface area (Å²) in [5.41, 5.74) is 4.64. The summed E-state index contributed by atoms with van der Waals surface area (Å²) in [6, 6.07) is 15.7. The van der Waals surface area contributed by atoms with Crippen LogP contribution in [0.2, 0.25) is 0 Å². The van der Waals surface area contributed by atoms with Crippen molar-refractivity contribution in [3.05, 3.63) is 77.2 Å². The molecule has 0 unspecified atom stereocenters. The molecular weight excluding hydrogens is 527 g/mol. The lowest BCUT2D eigenvalue weighted by Crippen LogP contribution is -2.47. The summed E-state index contributed by atoms with van der Waals surface area (Å²) < 4.78 is 29.8. The van der Waals surface area contributed by atoms with E-state index in [4.69, 9.17) is 4.98 Å². The number of halogens is 1. The van der Waals surface area contributed by atoms with E-state index in [0.717, 1.165) is 29.8 Å². The van der Waals surface area contributed by atoms with Crippen LogP contribution in [-0.2, 0) is 17.5 Å². The van der Waals surface area contributed by atoms with Gasteiger partial charge >= 0.3 is 0 Å². The zero-order valence-corrected chi connectivity index (χ0v) is 24.4. The first-order valence-corrected chi connectivity index (χ1v) is 14.9. The number of fused-ring (bicyclic) bond motifs is 1. The SMILES string of the molecule is CN1CCN(C(=O)c2cc3c(c(-c4cccc(-c5ccccc5F)c4)n2)[C@@H](CCO)N([S@](=O)C(C)(C)C)C3)CC1. The highest BCUT2D eigenvalue weighted by atomic mass is 32.2. The molecule has 0 aliphatic carbocycles. The van der Waals surface area contributed by atoms with Gasteiger partial charge in [-0.1, -0.05) is 36.4 Å². The van der Waals surface area contributed by atoms with Crippen LogP contribution >= 0.6 is 0 Å². The summed E-state index contributed by atoms with van der Waals surface area (Å²) in [4.78, 5) is 22.7. The van der Waals surface area contributed by atoms with E-state index in [1.165, 1.54) is 6.07 Å². The van der Waals surface area contributed by atoms with Crippen LogP contribution in [0.15, 0.2) is 54.6 Å². The summed E-state index contributed by atoms with van der Waals surface area (Å²) in [6.45, 7) is 8.94. The van der Waals surface area contributed by atoms with Gasteiger partial charge in [0.05, 0.1) is 16.5 Å². The Morgan fingerprint density at radius 1 is 1.05 bits per heavy atom. The molecule has 0 saturated carbocycles. The van der Waals surface area contributed by atoms with Gasteiger partial charge in [-0.25, -0.2) is 17.9 Å². The minimum Gasteiger partial charge on any atom is -0.396 e. The first-order valence-electron chi connectivity index (χ1n) is 13.7. The van der Waals surface area contributed by atoms with E-state index in [2.05, 4.69) is 4.90 Å². The summed E-state index contributed by atoms with van der Waals surface area (Å²) in [6.07, 6.45) is 0.377. The molecule has 1 N–H and O–H groups in total. The zero-order valence-electron chi connectivity index (χ0n) is 23.6. The van der Waals surface area contributed by atoms with E-state index >= 15 is 0 Å². The van der Waals surface area contributed by atoms with Gasteiger partial charge in [0.1, 0.15) is 22.5 Å². The second-order valence-corrected chi connectivity index (χ2v) is 13.7. The van der Waals surface area contributed by atoms with Crippen molar-refractivity contribution in [2.75, 3.05) is 39.8 Å². The van der Waals surface area contributed by atoms with Gasteiger partial charge in [0, 0.05) is 56.0 Å². The maximum atomic E-state index is 14.7. The average molecular weight is 565 g/mol. The number of amides is 1. The molecule has 0 radical (unpaired) electrons. The Morgan fingerprint density at radius 3 is 2.42 bits per heavy atom. The Bertz CT molecular complexity index is 1430. The molecule has 40 heavy (non-hydrogen) atoms. The zero-order chi connectivity index (χ0) is 28.6. The molecule has 1 saturated heterocycles. The Labute approximate surface area is 238 Å². The van der Waals surface area contributed by atoms with Gasteiger partial charge in [0.25, 0.3) is 5.91 Å². The maximum Gasteiger partial charge on any atom is 0.272 e. The summed E-state index contributed by atoms with van der Waals surface area (Å²) >= 11 is 0. The molecule has 2 aromatic carbocycles. The van der Waals surface area contributed by atoms with E-state index in [1.807, 2.05) is 67.4 Å². The Balaban J connectivity index is 1.66. The quantitative estimate of drug-likeness (QED) is 0.472. The average Bonchev–Trinajstić information content (AvgIpc) is 3.30. The van der Waals surface area contributed by atoms with Crippen LogP contribution in [0.1, 0.15) is 54.8 Å². The van der Waals surface area contributed by atoms with Crippen molar-refractivity contribution >= 4 is 16.9 Å². The molecule has 1 aromatic heterocycles. The van der Waals surface area contributed by atoms with E-state index in [-0.39, 0.29) is 24.4 Å². The van der Waals surface area contributed by atoms with Gasteiger partial charge in [-0.2, -0.15) is 0 Å². The number of pyridine rings is 1. The van der Waals surface area contributed by atoms with Crippen LogP contribution < -0.4 is 0 Å². The molecule has 2 aliphatic rings. The van der Waals surface area contributed by atoms with Crippen molar-refractivity contribution in [1.82, 2.24) is 19.1 Å². The number of hydrogen-bond donors (Lipinski definition) is 1. The standard InChI is InChI=1S/C31H37FN4O3S/c1-31(2,3)40(39)36-20-23-19-26(30(38)35-15-13-34(4)14-16-35)33-29(28(23)27(36)12-17-37)22-9-7-8-21(18-22)24-10-5-6-11-25(24)32/h5-11,18-19,27,37H,12-17,20H2,1-4H3/t27-,40-/m1/s1. The normalized spacial score (nSPS) is 19.1. The lowest BCUT2D eigenvalue weighted by atomic mass is 9.94. The van der Waals surface area contributed by atoms with Gasteiger partial charge in [-0.3, -0.25) is 4.79 Å². The van der Waals surface area contributed by atoms with Crippen molar-refractivity contribution in [2.24, 2.45) is 0 Å². The van der Waals surface area contributed by atoms with Gasteiger partial charge in [-0.05, 0) is 63.6 Å². The Morgan fingerprint density at radius 2 is 1.75 bits per heavy atom. The molecule has 3 aromatic rings. The molecule has 5 rings (SSSR count). The second-order valence-electron chi connectivity index (χ2n) is 11.5. The number of nitrogens with zero attached hydrogens (tertiary/aromatic N) is 4. The third-order valence-electron chi connectivity index (χ3n) is 7.62. The highest BCUT2D eigenvalue weighted by molar-refractivity contribution is 7.84. The van der Waals surface area contributed by atoms with Crippen LogP contribution in [0.5, 0.6) is 0 Å². The summed E-state index contributed by atoms with van der Waals surface area (Å²) in [5, 5.41) is 10.0. The van der Waals surface area contributed by atoms with Gasteiger partial charge < -0.3 is 14.9 Å². The number of carbonyl (C=O) groups is 1. The fourth-order valence-electron chi connectivity index (χ4n) is 5.50. The minimum absolute atomic E-state index is 0.0847. The lowest BCUT2D eigenvalue weighted by molar-refractivity contribution is 0.0658. The first-order chi connectivity index (χ1) is 19.1. The number of aromatic nitrogens is 1. The van der Waals surface area contributed by atoms with E-state index in [0.29, 0.717) is 48.6 Å². The molecule has 212 valence electrons. The largest absolute Gasteiger partial charge is 0.396 e. The molecule has 1 amide bonds. The number of likely N-dealkylation sites (N-methyl/N-ethyl adjacent to an activating group) is 1. The fourth-order valence-corrected chi connectivity index (χ4v) is 6.90. The second kappa shape index (κ2) is 11.5. The van der Waals surface area contributed by atoms with Crippen LogP contribution in [0.4, 0.5) is 4.39 Å². The highest BCUT2D eigenvalue weighted by Gasteiger charge is 2.40. The van der Waals surface area contributed by atoms with Crippen molar-refractivity contribution in [2.45, 2.75) is 44.5 Å². The van der Waals surface area contributed by atoms with Crippen molar-refractivity contribution in [3.63, 3.8) is 0 Å². The predicted molar refractivity (Wildman–Crippen MR) is 156 cm³/mol. The third-order valence-corrected chi connectivity index (χ3v) is 9.48. The molecule has 2 atom stereocenters. The smallest absolute Gasteiger partial charge is 0.272 e. The molecule has 2 aliphatic heterocycles. The molecule has 0 spiro atoms. The maximum absolute atomic E-state index is 14.7. The van der Waals surface area contributed by atoms with Gasteiger partial charge in [-0.15, -0.1) is 0 Å². The number of rotatable bonds is 6. The van der Waals surface area contributed by atoms with Crippen LogP contribution in [0, 0.1) is 5.82 Å². The van der Waals surface area contributed by atoms with Crippen molar-refractivity contribution in [3.8, 4) is 22.4 Å². The van der Waals surface area contributed by atoms with E-state index in [1.54, 1.807) is 18.2 Å².